The number of amides is 1. The third-order valence-corrected chi connectivity index (χ3v) is 4.85. The van der Waals surface area contributed by atoms with Gasteiger partial charge in [0.2, 0.25) is 0 Å². The third-order valence-electron chi connectivity index (χ3n) is 4.85. The maximum absolute atomic E-state index is 13.2. The highest BCUT2D eigenvalue weighted by Crippen LogP contribution is 2.32. The van der Waals surface area contributed by atoms with Crippen molar-refractivity contribution < 1.29 is 23.0 Å². The first-order chi connectivity index (χ1) is 15.5. The Morgan fingerprint density at radius 3 is 2.69 bits per heavy atom. The molecule has 0 unspecified atom stereocenters. The van der Waals surface area contributed by atoms with Gasteiger partial charge in [-0.05, 0) is 31.2 Å². The molecule has 0 spiro atoms. The molecule has 0 aliphatic carbocycles. The van der Waals surface area contributed by atoms with E-state index in [1.54, 1.807) is 16.9 Å². The average Bonchev–Trinajstić information content (AvgIpc) is 3.28. The molecule has 0 bridgehead atoms. The van der Waals surface area contributed by atoms with E-state index in [-0.39, 0.29) is 17.4 Å². The number of carbonyl (C=O) groups excluding carboxylic acids is 1. The summed E-state index contributed by atoms with van der Waals surface area (Å²) in [6.07, 6.45) is 3.57. The average molecular weight is 438 g/mol. The molecule has 2 aromatic heterocycles. The predicted octanol–water partition coefficient (Wildman–Crippen LogP) is 4.98. The summed E-state index contributed by atoms with van der Waals surface area (Å²) >= 11 is 0. The van der Waals surface area contributed by atoms with Crippen molar-refractivity contribution in [1.29, 1.82) is 0 Å². The van der Waals surface area contributed by atoms with Crippen LogP contribution < -0.4 is 14.8 Å². The van der Waals surface area contributed by atoms with Crippen molar-refractivity contribution in [2.75, 3.05) is 12.4 Å². The number of aromatic nitrogens is 3. The topological polar surface area (TPSA) is 78.3 Å². The molecule has 0 saturated carbocycles. The van der Waals surface area contributed by atoms with Crippen molar-refractivity contribution in [3.8, 4) is 22.8 Å². The first-order valence-electron chi connectivity index (χ1n) is 9.85. The molecule has 2 heterocycles. The quantitative estimate of drug-likeness (QED) is 0.440. The van der Waals surface area contributed by atoms with E-state index in [4.69, 9.17) is 4.74 Å². The standard InChI is InChI=1S/C23H20F2N4O3/c1-3-29-13-14(12-26-29)19-11-17(16-6-4-5-7-18(16)28-19)22(30)27-15-8-9-20(32-23(24)25)21(10-15)31-2/h4-13,23H,3H2,1-2H3,(H,27,30). The number of hydrogen-bond acceptors (Lipinski definition) is 5. The summed E-state index contributed by atoms with van der Waals surface area (Å²) in [6, 6.07) is 13.2. The minimum atomic E-state index is -2.98. The Hall–Kier alpha value is -4.01. The molecule has 1 amide bonds. The van der Waals surface area contributed by atoms with Crippen molar-refractivity contribution in [2.24, 2.45) is 0 Å². The Bertz CT molecular complexity index is 1270. The molecular formula is C23H20F2N4O3. The summed E-state index contributed by atoms with van der Waals surface area (Å²) in [4.78, 5) is 17.9. The van der Waals surface area contributed by atoms with Gasteiger partial charge in [-0.2, -0.15) is 13.9 Å². The number of rotatable bonds is 7. The van der Waals surface area contributed by atoms with Gasteiger partial charge in [0, 0.05) is 35.4 Å². The zero-order valence-corrected chi connectivity index (χ0v) is 17.4. The van der Waals surface area contributed by atoms with E-state index in [9.17, 15) is 13.6 Å². The number of para-hydroxylation sites is 1. The normalized spacial score (nSPS) is 11.0. The van der Waals surface area contributed by atoms with Crippen LogP contribution in [0.5, 0.6) is 11.5 Å². The summed E-state index contributed by atoms with van der Waals surface area (Å²) in [7, 11) is 1.33. The highest BCUT2D eigenvalue weighted by molar-refractivity contribution is 6.13. The maximum Gasteiger partial charge on any atom is 0.387 e. The molecule has 32 heavy (non-hydrogen) atoms. The number of alkyl halides is 2. The molecule has 7 nitrogen and oxygen atoms in total. The van der Waals surface area contributed by atoms with E-state index < -0.39 is 6.61 Å². The van der Waals surface area contributed by atoms with Crippen LogP contribution in [0.3, 0.4) is 0 Å². The molecule has 164 valence electrons. The van der Waals surface area contributed by atoms with Gasteiger partial charge in [0.1, 0.15) is 0 Å². The fraction of sp³-hybridized carbons (Fsp3) is 0.174. The largest absolute Gasteiger partial charge is 0.493 e. The minimum Gasteiger partial charge on any atom is -0.493 e. The second-order valence-electron chi connectivity index (χ2n) is 6.86. The van der Waals surface area contributed by atoms with Gasteiger partial charge in [0.05, 0.1) is 30.1 Å². The number of methoxy groups -OCH3 is 1. The Morgan fingerprint density at radius 2 is 1.97 bits per heavy atom. The lowest BCUT2D eigenvalue weighted by atomic mass is 10.0. The number of nitrogens with zero attached hydrogens (tertiary/aromatic N) is 3. The van der Waals surface area contributed by atoms with Crippen molar-refractivity contribution in [2.45, 2.75) is 20.1 Å². The number of halogens is 2. The van der Waals surface area contributed by atoms with E-state index in [2.05, 4.69) is 20.1 Å². The number of ether oxygens (including phenoxy) is 2. The summed E-state index contributed by atoms with van der Waals surface area (Å²) in [5.41, 5.74) is 2.86. The van der Waals surface area contributed by atoms with Gasteiger partial charge in [-0.25, -0.2) is 4.98 Å². The van der Waals surface area contributed by atoms with Crippen LogP contribution in [0.4, 0.5) is 14.5 Å². The molecular weight excluding hydrogens is 418 g/mol. The molecule has 0 radical (unpaired) electrons. The van der Waals surface area contributed by atoms with E-state index >= 15 is 0 Å². The van der Waals surface area contributed by atoms with Gasteiger partial charge >= 0.3 is 6.61 Å². The number of anilines is 1. The SMILES string of the molecule is CCn1cc(-c2cc(C(=O)Nc3ccc(OC(F)F)c(OC)c3)c3ccccc3n2)cn1. The van der Waals surface area contributed by atoms with E-state index in [1.807, 2.05) is 37.4 Å². The van der Waals surface area contributed by atoms with Crippen LogP contribution in [-0.4, -0.2) is 34.4 Å². The van der Waals surface area contributed by atoms with Crippen LogP contribution in [-0.2, 0) is 6.54 Å². The van der Waals surface area contributed by atoms with Gasteiger partial charge in [0.15, 0.2) is 11.5 Å². The molecule has 2 aromatic carbocycles. The molecule has 9 heteroatoms. The van der Waals surface area contributed by atoms with Crippen molar-refractivity contribution in [3.63, 3.8) is 0 Å². The van der Waals surface area contributed by atoms with Gasteiger partial charge in [-0.1, -0.05) is 18.2 Å². The lowest BCUT2D eigenvalue weighted by molar-refractivity contribution is -0.0512. The van der Waals surface area contributed by atoms with Gasteiger partial charge in [0.25, 0.3) is 5.91 Å². The zero-order valence-electron chi connectivity index (χ0n) is 17.4. The van der Waals surface area contributed by atoms with Gasteiger partial charge in [-0.3, -0.25) is 9.48 Å². The number of pyridine rings is 1. The summed E-state index contributed by atoms with van der Waals surface area (Å²) in [5.74, 6) is -0.419. The minimum absolute atomic E-state index is 0.0790. The number of carbonyl (C=O) groups is 1. The third kappa shape index (κ3) is 4.36. The molecule has 0 atom stereocenters. The summed E-state index contributed by atoms with van der Waals surface area (Å²) in [5, 5.41) is 7.75. The van der Waals surface area contributed by atoms with Crippen molar-refractivity contribution in [3.05, 3.63) is 66.5 Å². The Labute approximate surface area is 182 Å². The second kappa shape index (κ2) is 9.01. The summed E-state index contributed by atoms with van der Waals surface area (Å²) in [6.45, 7) is -0.286. The molecule has 0 aliphatic rings. The lowest BCUT2D eigenvalue weighted by Gasteiger charge is -2.13. The van der Waals surface area contributed by atoms with Crippen LogP contribution in [0.15, 0.2) is 60.9 Å². The summed E-state index contributed by atoms with van der Waals surface area (Å²) < 4.78 is 36.4. The Balaban J connectivity index is 1.70. The van der Waals surface area contributed by atoms with Crippen LogP contribution in [0.25, 0.3) is 22.2 Å². The van der Waals surface area contributed by atoms with Gasteiger partial charge in [-0.15, -0.1) is 0 Å². The Morgan fingerprint density at radius 1 is 1.16 bits per heavy atom. The highest BCUT2D eigenvalue weighted by atomic mass is 19.3. The van der Waals surface area contributed by atoms with E-state index in [1.165, 1.54) is 25.3 Å². The van der Waals surface area contributed by atoms with E-state index in [0.29, 0.717) is 34.4 Å². The molecule has 0 saturated heterocycles. The number of nitrogens with one attached hydrogen (secondary N) is 1. The van der Waals surface area contributed by atoms with Crippen molar-refractivity contribution >= 4 is 22.5 Å². The maximum atomic E-state index is 13.2. The molecule has 4 aromatic rings. The van der Waals surface area contributed by atoms with Crippen LogP contribution >= 0.6 is 0 Å². The Kier molecular flexibility index (Phi) is 5.98. The smallest absolute Gasteiger partial charge is 0.387 e. The van der Waals surface area contributed by atoms with E-state index in [0.717, 1.165) is 5.56 Å². The van der Waals surface area contributed by atoms with Crippen LogP contribution in [0.1, 0.15) is 17.3 Å². The fourth-order valence-corrected chi connectivity index (χ4v) is 3.32. The predicted molar refractivity (Wildman–Crippen MR) is 116 cm³/mol. The monoisotopic (exact) mass is 438 g/mol. The lowest BCUT2D eigenvalue weighted by Crippen LogP contribution is -2.13. The first-order valence-corrected chi connectivity index (χ1v) is 9.85. The molecule has 0 aliphatic heterocycles. The van der Waals surface area contributed by atoms with Crippen LogP contribution in [0, 0.1) is 0 Å². The number of fused-ring (bicyclic) bond motifs is 1. The number of hydrogen-bond donors (Lipinski definition) is 1. The number of benzene rings is 2. The molecule has 1 N–H and O–H groups in total. The zero-order chi connectivity index (χ0) is 22.7. The van der Waals surface area contributed by atoms with Gasteiger partial charge < -0.3 is 14.8 Å². The molecule has 0 fully saturated rings. The first kappa shape index (κ1) is 21.2. The highest BCUT2D eigenvalue weighted by Gasteiger charge is 2.17. The number of aryl methyl sites for hydroxylation is 1. The van der Waals surface area contributed by atoms with Crippen LogP contribution in [0.2, 0.25) is 0 Å². The molecule has 4 rings (SSSR count). The van der Waals surface area contributed by atoms with Crippen molar-refractivity contribution in [1.82, 2.24) is 14.8 Å². The second-order valence-corrected chi connectivity index (χ2v) is 6.86. The fourth-order valence-electron chi connectivity index (χ4n) is 3.32.